The van der Waals surface area contributed by atoms with E-state index in [1.54, 1.807) is 12.2 Å². The molecule has 96 valence electrons. The van der Waals surface area contributed by atoms with E-state index in [4.69, 9.17) is 0 Å². The molecule has 0 saturated heterocycles. The molecule has 0 aromatic heterocycles. The summed E-state index contributed by atoms with van der Waals surface area (Å²) in [4.78, 5) is 12.0. The molecule has 0 radical (unpaired) electrons. The maximum absolute atomic E-state index is 12.0. The molecule has 1 rings (SSSR count). The van der Waals surface area contributed by atoms with Gasteiger partial charge < -0.3 is 10.4 Å². The Balaban J connectivity index is 2.65. The molecular formula is C14H23NO2. The van der Waals surface area contributed by atoms with E-state index in [2.05, 4.69) is 12.2 Å². The molecule has 0 spiro atoms. The number of aliphatic hydroxyl groups is 1. The normalized spacial score (nSPS) is 25.4. The maximum Gasteiger partial charge on any atom is 0.230 e. The summed E-state index contributed by atoms with van der Waals surface area (Å²) in [5, 5.41) is 13.3. The van der Waals surface area contributed by atoms with E-state index in [0.717, 1.165) is 19.3 Å². The topological polar surface area (TPSA) is 49.3 Å². The second-order valence-electron chi connectivity index (χ2n) is 4.58. The van der Waals surface area contributed by atoms with Gasteiger partial charge in [-0.15, -0.1) is 0 Å². The Labute approximate surface area is 104 Å². The van der Waals surface area contributed by atoms with Crippen molar-refractivity contribution >= 4 is 5.91 Å². The number of unbranched alkanes of at least 4 members (excludes halogenated alkanes) is 1. The summed E-state index contributed by atoms with van der Waals surface area (Å²) < 4.78 is 0. The fraction of sp³-hybridized carbons (Fsp3) is 0.643. The lowest BCUT2D eigenvalue weighted by molar-refractivity contribution is -0.129. The molecule has 2 N–H and O–H groups in total. The van der Waals surface area contributed by atoms with Gasteiger partial charge in [0, 0.05) is 6.54 Å². The van der Waals surface area contributed by atoms with Crippen LogP contribution in [-0.4, -0.2) is 23.2 Å². The lowest BCUT2D eigenvalue weighted by Gasteiger charge is -2.28. The van der Waals surface area contributed by atoms with Crippen molar-refractivity contribution in [2.24, 2.45) is 5.92 Å². The van der Waals surface area contributed by atoms with Gasteiger partial charge in [0.05, 0.1) is 11.5 Å². The number of hydrogen-bond acceptors (Lipinski definition) is 2. The van der Waals surface area contributed by atoms with Crippen LogP contribution in [0.25, 0.3) is 0 Å². The first-order chi connectivity index (χ1) is 8.14. The lowest BCUT2D eigenvalue weighted by Crippen LogP contribution is -2.44. The van der Waals surface area contributed by atoms with E-state index >= 15 is 0 Å². The summed E-state index contributed by atoms with van der Waals surface area (Å²) in [5.74, 6) is -0.547. The zero-order chi connectivity index (χ0) is 12.7. The third kappa shape index (κ3) is 3.70. The number of rotatable bonds is 6. The van der Waals surface area contributed by atoms with Crippen LogP contribution in [-0.2, 0) is 4.79 Å². The van der Waals surface area contributed by atoms with Gasteiger partial charge in [-0.1, -0.05) is 37.6 Å². The Morgan fingerprint density at radius 3 is 2.94 bits per heavy atom. The zero-order valence-electron chi connectivity index (χ0n) is 10.8. The average molecular weight is 237 g/mol. The van der Waals surface area contributed by atoms with E-state index < -0.39 is 11.5 Å². The Bertz CT molecular complexity index is 309. The number of carbonyl (C=O) groups is 1. The van der Waals surface area contributed by atoms with E-state index in [1.165, 1.54) is 0 Å². The van der Waals surface area contributed by atoms with Gasteiger partial charge in [0.2, 0.25) is 5.91 Å². The molecule has 1 amide bonds. The molecule has 17 heavy (non-hydrogen) atoms. The zero-order valence-corrected chi connectivity index (χ0v) is 10.8. The van der Waals surface area contributed by atoms with Crippen molar-refractivity contribution in [3.63, 3.8) is 0 Å². The summed E-state index contributed by atoms with van der Waals surface area (Å²) in [6.07, 6.45) is 10.8. The van der Waals surface area contributed by atoms with Crippen LogP contribution in [0.3, 0.4) is 0 Å². The summed E-state index contributed by atoms with van der Waals surface area (Å²) in [6.45, 7) is 4.64. The molecule has 1 aliphatic carbocycles. The van der Waals surface area contributed by atoms with E-state index in [9.17, 15) is 9.90 Å². The number of carbonyl (C=O) groups excluding carboxylic acids is 1. The molecule has 0 bridgehead atoms. The van der Waals surface area contributed by atoms with Crippen molar-refractivity contribution in [2.45, 2.75) is 45.1 Å². The van der Waals surface area contributed by atoms with Crippen LogP contribution in [0.5, 0.6) is 0 Å². The van der Waals surface area contributed by atoms with Gasteiger partial charge >= 0.3 is 0 Å². The number of hydrogen-bond donors (Lipinski definition) is 2. The van der Waals surface area contributed by atoms with Gasteiger partial charge in [-0.3, -0.25) is 4.79 Å². The van der Waals surface area contributed by atoms with Gasteiger partial charge in [-0.2, -0.15) is 0 Å². The highest BCUT2D eigenvalue weighted by Gasteiger charge is 2.38. The van der Waals surface area contributed by atoms with Crippen LogP contribution in [0.2, 0.25) is 0 Å². The first kappa shape index (κ1) is 14.0. The van der Waals surface area contributed by atoms with Crippen LogP contribution in [0.15, 0.2) is 24.3 Å². The Morgan fingerprint density at radius 1 is 1.65 bits per heavy atom. The maximum atomic E-state index is 12.0. The van der Waals surface area contributed by atoms with Crippen LogP contribution >= 0.6 is 0 Å². The summed E-state index contributed by atoms with van der Waals surface area (Å²) in [5.41, 5.74) is -0.997. The standard InChI is InChI=1S/C14H23NO2/c1-3-5-11-15-13(16)12(8-4-2)14(17)9-6-7-10-14/h4,6,8-9,12,17H,3,5,7,10-11H2,1-2H3,(H,15,16)/b8-4+. The van der Waals surface area contributed by atoms with Crippen LogP contribution < -0.4 is 5.32 Å². The third-order valence-electron chi connectivity index (χ3n) is 3.15. The quantitative estimate of drug-likeness (QED) is 0.549. The van der Waals surface area contributed by atoms with Crippen molar-refractivity contribution in [1.29, 1.82) is 0 Å². The summed E-state index contributed by atoms with van der Waals surface area (Å²) in [7, 11) is 0. The highest BCUT2D eigenvalue weighted by molar-refractivity contribution is 5.82. The van der Waals surface area contributed by atoms with E-state index in [1.807, 2.05) is 19.1 Å². The summed E-state index contributed by atoms with van der Waals surface area (Å²) in [6, 6.07) is 0. The van der Waals surface area contributed by atoms with Crippen LogP contribution in [0.1, 0.15) is 39.5 Å². The number of allylic oxidation sites excluding steroid dienone is 2. The molecule has 0 saturated carbocycles. The average Bonchev–Trinajstić information content (AvgIpc) is 2.74. The van der Waals surface area contributed by atoms with E-state index in [0.29, 0.717) is 13.0 Å². The molecule has 0 aromatic carbocycles. The minimum atomic E-state index is -0.997. The van der Waals surface area contributed by atoms with Crippen LogP contribution in [0, 0.1) is 5.92 Å². The SMILES string of the molecule is C/C=C/C(C(=O)NCCCC)C1(O)C=CCC1. The highest BCUT2D eigenvalue weighted by atomic mass is 16.3. The van der Waals surface area contributed by atoms with Crippen molar-refractivity contribution in [3.8, 4) is 0 Å². The molecule has 3 heteroatoms. The molecule has 0 fully saturated rings. The lowest BCUT2D eigenvalue weighted by atomic mass is 9.85. The van der Waals surface area contributed by atoms with Gasteiger partial charge in [0.15, 0.2) is 0 Å². The molecule has 0 aromatic rings. The second kappa shape index (κ2) is 6.60. The van der Waals surface area contributed by atoms with Crippen molar-refractivity contribution < 1.29 is 9.90 Å². The molecule has 2 atom stereocenters. The smallest absolute Gasteiger partial charge is 0.230 e. The van der Waals surface area contributed by atoms with Crippen molar-refractivity contribution in [1.82, 2.24) is 5.32 Å². The molecule has 0 heterocycles. The monoisotopic (exact) mass is 237 g/mol. The van der Waals surface area contributed by atoms with Gasteiger partial charge in [-0.05, 0) is 26.2 Å². The largest absolute Gasteiger partial charge is 0.385 e. The second-order valence-corrected chi connectivity index (χ2v) is 4.58. The third-order valence-corrected chi connectivity index (χ3v) is 3.15. The van der Waals surface area contributed by atoms with Crippen LogP contribution in [0.4, 0.5) is 0 Å². The Kier molecular flexibility index (Phi) is 5.42. The van der Waals surface area contributed by atoms with Crippen molar-refractivity contribution in [3.05, 3.63) is 24.3 Å². The molecule has 3 nitrogen and oxygen atoms in total. The molecule has 2 unspecified atom stereocenters. The minimum absolute atomic E-state index is 0.0781. The van der Waals surface area contributed by atoms with Gasteiger partial charge in [0.1, 0.15) is 0 Å². The molecule has 0 aliphatic heterocycles. The first-order valence-corrected chi connectivity index (χ1v) is 6.44. The van der Waals surface area contributed by atoms with E-state index in [-0.39, 0.29) is 5.91 Å². The predicted octanol–water partition coefficient (Wildman–Crippen LogP) is 2.18. The van der Waals surface area contributed by atoms with Crippen molar-refractivity contribution in [2.75, 3.05) is 6.54 Å². The molecule has 1 aliphatic rings. The number of nitrogens with one attached hydrogen (secondary N) is 1. The van der Waals surface area contributed by atoms with Gasteiger partial charge in [-0.25, -0.2) is 0 Å². The van der Waals surface area contributed by atoms with Gasteiger partial charge in [0.25, 0.3) is 0 Å². The first-order valence-electron chi connectivity index (χ1n) is 6.44. The highest BCUT2D eigenvalue weighted by Crippen LogP contribution is 2.31. The fourth-order valence-electron chi connectivity index (χ4n) is 2.12. The number of amides is 1. The predicted molar refractivity (Wildman–Crippen MR) is 69.5 cm³/mol. The Hall–Kier alpha value is -1.09. The fourth-order valence-corrected chi connectivity index (χ4v) is 2.12. The minimum Gasteiger partial charge on any atom is -0.385 e. The summed E-state index contributed by atoms with van der Waals surface area (Å²) >= 11 is 0. The molecular weight excluding hydrogens is 214 g/mol. The Morgan fingerprint density at radius 2 is 2.41 bits per heavy atom.